The van der Waals surface area contributed by atoms with Gasteiger partial charge in [-0.2, -0.15) is 0 Å². The third-order valence-electron chi connectivity index (χ3n) is 2.41. The Bertz CT molecular complexity index is 209. The van der Waals surface area contributed by atoms with E-state index in [9.17, 15) is 9.90 Å². The number of esters is 1. The molecule has 15 heavy (non-hydrogen) atoms. The highest BCUT2D eigenvalue weighted by molar-refractivity contribution is 5.76. The van der Waals surface area contributed by atoms with Gasteiger partial charge in [0.15, 0.2) is 0 Å². The van der Waals surface area contributed by atoms with Crippen LogP contribution in [0.15, 0.2) is 0 Å². The summed E-state index contributed by atoms with van der Waals surface area (Å²) >= 11 is 0. The van der Waals surface area contributed by atoms with Crippen LogP contribution in [0.3, 0.4) is 0 Å². The van der Waals surface area contributed by atoms with E-state index in [1.54, 1.807) is 13.8 Å². The number of hydrogen-bond acceptors (Lipinski definition) is 5. The second kappa shape index (κ2) is 6.05. The minimum atomic E-state index is -0.417. The van der Waals surface area contributed by atoms with E-state index >= 15 is 0 Å². The van der Waals surface area contributed by atoms with Gasteiger partial charge < -0.3 is 15.2 Å². The molecular weight excluding hydrogens is 196 g/mol. The minimum Gasteiger partial charge on any atom is -0.465 e. The summed E-state index contributed by atoms with van der Waals surface area (Å²) in [5, 5.41) is 12.5. The predicted molar refractivity (Wildman–Crippen MR) is 56.5 cm³/mol. The first kappa shape index (κ1) is 12.4. The number of aliphatic hydroxyl groups excluding tert-OH is 1. The lowest BCUT2D eigenvalue weighted by Crippen LogP contribution is -2.56. The van der Waals surface area contributed by atoms with Gasteiger partial charge >= 0.3 is 5.97 Å². The molecule has 2 atom stereocenters. The number of piperazine rings is 1. The molecule has 0 radical (unpaired) electrons. The van der Waals surface area contributed by atoms with Gasteiger partial charge in [-0.1, -0.05) is 0 Å². The van der Waals surface area contributed by atoms with Crippen molar-refractivity contribution in [1.82, 2.24) is 10.2 Å². The van der Waals surface area contributed by atoms with E-state index < -0.39 is 6.10 Å². The monoisotopic (exact) mass is 216 g/mol. The van der Waals surface area contributed by atoms with Gasteiger partial charge in [-0.25, -0.2) is 0 Å². The number of carbonyl (C=O) groups is 1. The Balaban J connectivity index is 2.52. The molecule has 0 aliphatic carbocycles. The highest BCUT2D eigenvalue weighted by atomic mass is 16.5. The zero-order valence-electron chi connectivity index (χ0n) is 9.40. The number of aliphatic hydroxyl groups is 1. The van der Waals surface area contributed by atoms with Gasteiger partial charge in [-0.15, -0.1) is 0 Å². The zero-order chi connectivity index (χ0) is 11.3. The molecule has 1 saturated heterocycles. The Labute approximate surface area is 90.4 Å². The van der Waals surface area contributed by atoms with E-state index in [2.05, 4.69) is 5.32 Å². The van der Waals surface area contributed by atoms with Gasteiger partial charge in [0.1, 0.15) is 6.04 Å². The molecule has 1 heterocycles. The molecule has 0 saturated carbocycles. The van der Waals surface area contributed by atoms with Crippen LogP contribution in [0.2, 0.25) is 0 Å². The topological polar surface area (TPSA) is 61.8 Å². The van der Waals surface area contributed by atoms with E-state index in [0.717, 1.165) is 13.1 Å². The van der Waals surface area contributed by atoms with E-state index in [1.807, 2.05) is 4.90 Å². The molecule has 88 valence electrons. The highest BCUT2D eigenvalue weighted by Gasteiger charge is 2.29. The van der Waals surface area contributed by atoms with Gasteiger partial charge in [0.25, 0.3) is 0 Å². The third-order valence-corrected chi connectivity index (χ3v) is 2.41. The lowest BCUT2D eigenvalue weighted by atomic mass is 10.2. The van der Waals surface area contributed by atoms with E-state index in [-0.39, 0.29) is 12.0 Å². The molecule has 2 N–H and O–H groups in total. The van der Waals surface area contributed by atoms with Crippen molar-refractivity contribution < 1.29 is 14.6 Å². The average molecular weight is 216 g/mol. The Morgan fingerprint density at radius 1 is 1.73 bits per heavy atom. The van der Waals surface area contributed by atoms with Crippen LogP contribution in [-0.4, -0.2) is 60.9 Å². The fraction of sp³-hybridized carbons (Fsp3) is 0.900. The summed E-state index contributed by atoms with van der Waals surface area (Å²) in [7, 11) is 0. The lowest BCUT2D eigenvalue weighted by molar-refractivity contribution is -0.150. The maximum absolute atomic E-state index is 11.6. The predicted octanol–water partition coefficient (Wildman–Crippen LogP) is -0.796. The maximum atomic E-state index is 11.6. The summed E-state index contributed by atoms with van der Waals surface area (Å²) < 4.78 is 4.99. The smallest absolute Gasteiger partial charge is 0.324 e. The fourth-order valence-electron chi connectivity index (χ4n) is 1.78. The minimum absolute atomic E-state index is 0.203. The Morgan fingerprint density at radius 3 is 3.07 bits per heavy atom. The molecule has 0 aromatic heterocycles. The Morgan fingerprint density at radius 2 is 2.47 bits per heavy atom. The van der Waals surface area contributed by atoms with Crippen LogP contribution in [0.25, 0.3) is 0 Å². The van der Waals surface area contributed by atoms with Crippen molar-refractivity contribution in [2.24, 2.45) is 0 Å². The van der Waals surface area contributed by atoms with Crippen molar-refractivity contribution in [2.45, 2.75) is 26.0 Å². The molecule has 0 aromatic rings. The molecule has 0 spiro atoms. The first-order valence-corrected chi connectivity index (χ1v) is 5.44. The SMILES string of the molecule is CCOC(=O)C1CNCCN1C[C@H](C)O. The number of hydrogen-bond donors (Lipinski definition) is 2. The van der Waals surface area contributed by atoms with Gasteiger partial charge in [-0.05, 0) is 13.8 Å². The van der Waals surface area contributed by atoms with E-state index in [4.69, 9.17) is 4.74 Å². The zero-order valence-corrected chi connectivity index (χ0v) is 9.40. The Hall–Kier alpha value is -0.650. The average Bonchev–Trinajstić information content (AvgIpc) is 2.18. The molecular formula is C10H20N2O3. The quantitative estimate of drug-likeness (QED) is 0.603. The van der Waals surface area contributed by atoms with Crippen LogP contribution in [0.5, 0.6) is 0 Å². The molecule has 1 aliphatic rings. The van der Waals surface area contributed by atoms with E-state index in [1.165, 1.54) is 0 Å². The van der Waals surface area contributed by atoms with Crippen LogP contribution in [-0.2, 0) is 9.53 Å². The molecule has 0 amide bonds. The third kappa shape index (κ3) is 3.77. The van der Waals surface area contributed by atoms with Gasteiger partial charge in [-0.3, -0.25) is 9.69 Å². The molecule has 0 aromatic carbocycles. The lowest BCUT2D eigenvalue weighted by Gasteiger charge is -2.35. The number of nitrogens with zero attached hydrogens (tertiary/aromatic N) is 1. The second-order valence-electron chi connectivity index (χ2n) is 3.82. The first-order valence-electron chi connectivity index (χ1n) is 5.44. The van der Waals surface area contributed by atoms with Crippen molar-refractivity contribution >= 4 is 5.97 Å². The molecule has 1 fully saturated rings. The van der Waals surface area contributed by atoms with Crippen LogP contribution in [0.4, 0.5) is 0 Å². The summed E-state index contributed by atoms with van der Waals surface area (Å²) in [6, 6.07) is -0.256. The summed E-state index contributed by atoms with van der Waals surface area (Å²) in [6.07, 6.45) is -0.417. The van der Waals surface area contributed by atoms with Crippen LogP contribution < -0.4 is 5.32 Å². The molecule has 5 heteroatoms. The first-order chi connectivity index (χ1) is 7.15. The summed E-state index contributed by atoms with van der Waals surface area (Å²) in [5.41, 5.74) is 0. The maximum Gasteiger partial charge on any atom is 0.324 e. The number of nitrogens with one attached hydrogen (secondary N) is 1. The van der Waals surface area contributed by atoms with Gasteiger partial charge in [0.05, 0.1) is 12.7 Å². The summed E-state index contributed by atoms with van der Waals surface area (Å²) in [5.74, 6) is -0.203. The number of carbonyl (C=O) groups excluding carboxylic acids is 1. The second-order valence-corrected chi connectivity index (χ2v) is 3.82. The standard InChI is InChI=1S/C10H20N2O3/c1-3-15-10(14)9-6-11-4-5-12(9)7-8(2)13/h8-9,11,13H,3-7H2,1-2H3/t8-,9?/m0/s1. The number of ether oxygens (including phenoxy) is 1. The van der Waals surface area contributed by atoms with Crippen molar-refractivity contribution in [3.8, 4) is 0 Å². The van der Waals surface area contributed by atoms with E-state index in [0.29, 0.717) is 19.7 Å². The largest absolute Gasteiger partial charge is 0.465 e. The number of rotatable bonds is 4. The van der Waals surface area contributed by atoms with Crippen molar-refractivity contribution in [1.29, 1.82) is 0 Å². The summed E-state index contributed by atoms with van der Waals surface area (Å²) in [6.45, 7) is 6.67. The van der Waals surface area contributed by atoms with Crippen LogP contribution in [0, 0.1) is 0 Å². The Kier molecular flexibility index (Phi) is 5.01. The number of β-amino-alcohol motifs (C(OH)–C–C–N with tert-alkyl or cyclic N) is 1. The van der Waals surface area contributed by atoms with Crippen molar-refractivity contribution in [3.63, 3.8) is 0 Å². The van der Waals surface area contributed by atoms with Gasteiger partial charge in [0.2, 0.25) is 0 Å². The van der Waals surface area contributed by atoms with Crippen LogP contribution in [0.1, 0.15) is 13.8 Å². The molecule has 1 aliphatic heterocycles. The van der Waals surface area contributed by atoms with Gasteiger partial charge in [0, 0.05) is 26.2 Å². The molecule has 1 unspecified atom stereocenters. The fourth-order valence-corrected chi connectivity index (χ4v) is 1.78. The summed E-state index contributed by atoms with van der Waals surface area (Å²) in [4.78, 5) is 13.6. The normalized spacial score (nSPS) is 24.9. The highest BCUT2D eigenvalue weighted by Crippen LogP contribution is 2.06. The molecule has 0 bridgehead atoms. The van der Waals surface area contributed by atoms with Crippen molar-refractivity contribution in [3.05, 3.63) is 0 Å². The van der Waals surface area contributed by atoms with Crippen LogP contribution >= 0.6 is 0 Å². The molecule has 1 rings (SSSR count). The molecule has 5 nitrogen and oxygen atoms in total. The van der Waals surface area contributed by atoms with Crippen molar-refractivity contribution in [2.75, 3.05) is 32.8 Å².